The summed E-state index contributed by atoms with van der Waals surface area (Å²) >= 11 is 0. The lowest BCUT2D eigenvalue weighted by Crippen LogP contribution is -2.35. The SMILES string of the molecule is O=C(Nc1ccncn1)[C@@H]1CCCN1. The van der Waals surface area contributed by atoms with Crippen molar-refractivity contribution in [3.8, 4) is 0 Å². The van der Waals surface area contributed by atoms with Crippen LogP contribution in [0, 0.1) is 0 Å². The van der Waals surface area contributed by atoms with Crippen LogP contribution in [0.15, 0.2) is 18.6 Å². The highest BCUT2D eigenvalue weighted by Gasteiger charge is 2.21. The van der Waals surface area contributed by atoms with Gasteiger partial charge in [0, 0.05) is 6.20 Å². The molecule has 1 aromatic rings. The van der Waals surface area contributed by atoms with Gasteiger partial charge >= 0.3 is 0 Å². The Hall–Kier alpha value is -1.49. The smallest absolute Gasteiger partial charge is 0.242 e. The lowest BCUT2D eigenvalue weighted by molar-refractivity contribution is -0.117. The van der Waals surface area contributed by atoms with Gasteiger partial charge in [-0.2, -0.15) is 0 Å². The van der Waals surface area contributed by atoms with Crippen LogP contribution in [-0.2, 0) is 4.79 Å². The number of nitrogens with one attached hydrogen (secondary N) is 2. The molecule has 2 N–H and O–H groups in total. The van der Waals surface area contributed by atoms with Gasteiger partial charge in [0.25, 0.3) is 0 Å². The third-order valence-corrected chi connectivity index (χ3v) is 2.21. The van der Waals surface area contributed by atoms with Crippen LogP contribution in [0.2, 0.25) is 0 Å². The highest BCUT2D eigenvalue weighted by Crippen LogP contribution is 2.07. The van der Waals surface area contributed by atoms with Gasteiger partial charge in [-0.05, 0) is 25.5 Å². The van der Waals surface area contributed by atoms with Crippen LogP contribution in [0.3, 0.4) is 0 Å². The first-order valence-corrected chi connectivity index (χ1v) is 4.66. The first-order chi connectivity index (χ1) is 6.86. The number of hydrogen-bond donors (Lipinski definition) is 2. The zero-order valence-electron chi connectivity index (χ0n) is 7.73. The van der Waals surface area contributed by atoms with E-state index in [0.717, 1.165) is 19.4 Å². The van der Waals surface area contributed by atoms with Crippen LogP contribution >= 0.6 is 0 Å². The van der Waals surface area contributed by atoms with Crippen molar-refractivity contribution in [2.75, 3.05) is 11.9 Å². The molecule has 1 amide bonds. The molecule has 0 saturated carbocycles. The van der Waals surface area contributed by atoms with Crippen LogP contribution in [0.5, 0.6) is 0 Å². The summed E-state index contributed by atoms with van der Waals surface area (Å²) in [7, 11) is 0. The van der Waals surface area contributed by atoms with Crippen LogP contribution in [0.1, 0.15) is 12.8 Å². The fourth-order valence-electron chi connectivity index (χ4n) is 1.49. The van der Waals surface area contributed by atoms with Gasteiger partial charge in [0.05, 0.1) is 6.04 Å². The summed E-state index contributed by atoms with van der Waals surface area (Å²) in [5, 5.41) is 5.85. The highest BCUT2D eigenvalue weighted by atomic mass is 16.2. The van der Waals surface area contributed by atoms with Crippen molar-refractivity contribution >= 4 is 11.7 Å². The fraction of sp³-hybridized carbons (Fsp3) is 0.444. The topological polar surface area (TPSA) is 66.9 Å². The first-order valence-electron chi connectivity index (χ1n) is 4.66. The number of aromatic nitrogens is 2. The zero-order chi connectivity index (χ0) is 9.80. The molecule has 1 saturated heterocycles. The predicted molar refractivity (Wildman–Crippen MR) is 51.7 cm³/mol. The van der Waals surface area contributed by atoms with Crippen molar-refractivity contribution in [2.24, 2.45) is 0 Å². The van der Waals surface area contributed by atoms with E-state index < -0.39 is 0 Å². The first kappa shape index (κ1) is 9.08. The van der Waals surface area contributed by atoms with Gasteiger partial charge in [-0.1, -0.05) is 0 Å². The number of amides is 1. The predicted octanol–water partition coefficient (Wildman–Crippen LogP) is 0.167. The monoisotopic (exact) mass is 192 g/mol. The van der Waals surface area contributed by atoms with Crippen LogP contribution < -0.4 is 10.6 Å². The Morgan fingerprint density at radius 1 is 1.64 bits per heavy atom. The van der Waals surface area contributed by atoms with Crippen LogP contribution in [-0.4, -0.2) is 28.5 Å². The van der Waals surface area contributed by atoms with E-state index in [-0.39, 0.29) is 11.9 Å². The average Bonchev–Trinajstić information content (AvgIpc) is 2.72. The molecule has 74 valence electrons. The minimum absolute atomic E-state index is 0.0128. The van der Waals surface area contributed by atoms with Crippen molar-refractivity contribution in [3.05, 3.63) is 18.6 Å². The number of anilines is 1. The fourth-order valence-corrected chi connectivity index (χ4v) is 1.49. The van der Waals surface area contributed by atoms with E-state index in [4.69, 9.17) is 0 Å². The van der Waals surface area contributed by atoms with E-state index in [0.29, 0.717) is 5.82 Å². The molecule has 1 aromatic heterocycles. The summed E-state index contributed by atoms with van der Waals surface area (Å²) in [5.74, 6) is 0.542. The van der Waals surface area contributed by atoms with Crippen molar-refractivity contribution in [1.29, 1.82) is 0 Å². The number of hydrogen-bond acceptors (Lipinski definition) is 4. The lowest BCUT2D eigenvalue weighted by atomic mass is 10.2. The summed E-state index contributed by atoms with van der Waals surface area (Å²) in [6, 6.07) is 1.61. The Morgan fingerprint density at radius 2 is 2.57 bits per heavy atom. The molecule has 14 heavy (non-hydrogen) atoms. The highest BCUT2D eigenvalue weighted by molar-refractivity contribution is 5.94. The maximum absolute atomic E-state index is 11.6. The summed E-state index contributed by atoms with van der Waals surface area (Å²) in [6.45, 7) is 0.919. The summed E-state index contributed by atoms with van der Waals surface area (Å²) in [6.07, 6.45) is 4.97. The Kier molecular flexibility index (Phi) is 2.69. The second-order valence-electron chi connectivity index (χ2n) is 3.23. The molecule has 1 atom stereocenters. The van der Waals surface area contributed by atoms with E-state index in [1.165, 1.54) is 6.33 Å². The second kappa shape index (κ2) is 4.15. The van der Waals surface area contributed by atoms with Gasteiger partial charge in [0.1, 0.15) is 12.1 Å². The molecule has 2 rings (SSSR count). The Balaban J connectivity index is 1.94. The molecule has 5 nitrogen and oxygen atoms in total. The summed E-state index contributed by atoms with van der Waals surface area (Å²) < 4.78 is 0. The summed E-state index contributed by atoms with van der Waals surface area (Å²) in [5.41, 5.74) is 0. The van der Waals surface area contributed by atoms with Crippen molar-refractivity contribution in [2.45, 2.75) is 18.9 Å². The standard InChI is InChI=1S/C9H12N4O/c14-9(7-2-1-4-11-7)13-8-3-5-10-6-12-8/h3,5-7,11H,1-2,4H2,(H,10,12,13,14)/t7-/m0/s1. The Bertz CT molecular complexity index is 308. The zero-order valence-corrected chi connectivity index (χ0v) is 7.73. The molecule has 0 spiro atoms. The van der Waals surface area contributed by atoms with Crippen molar-refractivity contribution in [1.82, 2.24) is 15.3 Å². The van der Waals surface area contributed by atoms with Crippen molar-refractivity contribution < 1.29 is 4.79 Å². The van der Waals surface area contributed by atoms with Gasteiger partial charge in [-0.15, -0.1) is 0 Å². The molecular formula is C9H12N4O. The summed E-state index contributed by atoms with van der Waals surface area (Å²) in [4.78, 5) is 19.3. The molecule has 0 bridgehead atoms. The number of carbonyl (C=O) groups excluding carboxylic acids is 1. The normalized spacial score (nSPS) is 20.7. The molecule has 0 unspecified atom stereocenters. The molecule has 1 aliphatic rings. The van der Waals surface area contributed by atoms with E-state index >= 15 is 0 Å². The number of nitrogens with zero attached hydrogens (tertiary/aromatic N) is 2. The largest absolute Gasteiger partial charge is 0.309 e. The molecule has 0 radical (unpaired) electrons. The van der Waals surface area contributed by atoms with Gasteiger partial charge in [0.15, 0.2) is 0 Å². The van der Waals surface area contributed by atoms with E-state index in [9.17, 15) is 4.79 Å². The second-order valence-corrected chi connectivity index (χ2v) is 3.23. The lowest BCUT2D eigenvalue weighted by Gasteiger charge is -2.09. The van der Waals surface area contributed by atoms with Gasteiger partial charge < -0.3 is 10.6 Å². The molecular weight excluding hydrogens is 180 g/mol. The van der Waals surface area contributed by atoms with Crippen molar-refractivity contribution in [3.63, 3.8) is 0 Å². The minimum Gasteiger partial charge on any atom is -0.309 e. The molecule has 2 heterocycles. The van der Waals surface area contributed by atoms with E-state index in [1.807, 2.05) is 0 Å². The molecule has 1 fully saturated rings. The molecule has 5 heteroatoms. The average molecular weight is 192 g/mol. The minimum atomic E-state index is -0.0648. The van der Waals surface area contributed by atoms with E-state index in [2.05, 4.69) is 20.6 Å². The van der Waals surface area contributed by atoms with Crippen LogP contribution in [0.4, 0.5) is 5.82 Å². The number of rotatable bonds is 2. The third-order valence-electron chi connectivity index (χ3n) is 2.21. The third kappa shape index (κ3) is 2.05. The van der Waals surface area contributed by atoms with Gasteiger partial charge in [-0.25, -0.2) is 9.97 Å². The molecule has 0 aromatic carbocycles. The van der Waals surface area contributed by atoms with Gasteiger partial charge in [0.2, 0.25) is 5.91 Å². The number of carbonyl (C=O) groups is 1. The maximum Gasteiger partial charge on any atom is 0.242 e. The Labute approximate surface area is 82.0 Å². The quantitative estimate of drug-likeness (QED) is 0.700. The maximum atomic E-state index is 11.6. The molecule has 0 aliphatic carbocycles. The Morgan fingerprint density at radius 3 is 3.21 bits per heavy atom. The van der Waals surface area contributed by atoms with Crippen LogP contribution in [0.25, 0.3) is 0 Å². The van der Waals surface area contributed by atoms with E-state index in [1.54, 1.807) is 12.3 Å². The molecule has 1 aliphatic heterocycles. The van der Waals surface area contributed by atoms with Gasteiger partial charge in [-0.3, -0.25) is 4.79 Å².